The van der Waals surface area contributed by atoms with Gasteiger partial charge in [0, 0.05) is 35.5 Å². The Morgan fingerprint density at radius 3 is 2.50 bits per heavy atom. The predicted octanol–water partition coefficient (Wildman–Crippen LogP) is 3.46. The maximum atomic E-state index is 13.8. The Labute approximate surface area is 232 Å². The van der Waals surface area contributed by atoms with E-state index in [0.717, 1.165) is 27.7 Å². The Morgan fingerprint density at radius 2 is 1.80 bits per heavy atom. The van der Waals surface area contributed by atoms with Gasteiger partial charge in [-0.2, -0.15) is 0 Å². The summed E-state index contributed by atoms with van der Waals surface area (Å²) in [6, 6.07) is 14.2. The van der Waals surface area contributed by atoms with Gasteiger partial charge in [0.15, 0.2) is 0 Å². The molecule has 3 heterocycles. The number of fused-ring (bicyclic) bond motifs is 5. The van der Waals surface area contributed by atoms with Gasteiger partial charge in [0.05, 0.1) is 12.5 Å². The Morgan fingerprint density at radius 1 is 1.10 bits per heavy atom. The first-order valence-corrected chi connectivity index (χ1v) is 13.5. The molecular formula is C30H34N4O6. The molecule has 0 spiro atoms. The summed E-state index contributed by atoms with van der Waals surface area (Å²) in [4.78, 5) is 56.7. The number of carbonyl (C=O) groups is 4. The molecule has 1 fully saturated rings. The Balaban J connectivity index is 1.45. The summed E-state index contributed by atoms with van der Waals surface area (Å²) < 4.78 is 5.38. The van der Waals surface area contributed by atoms with Crippen molar-refractivity contribution in [2.75, 3.05) is 0 Å². The number of carboxylic acids is 1. The van der Waals surface area contributed by atoms with Gasteiger partial charge in [-0.3, -0.25) is 14.4 Å². The molecule has 0 bridgehead atoms. The number of rotatable bonds is 7. The summed E-state index contributed by atoms with van der Waals surface area (Å²) in [5.41, 5.74) is 2.86. The number of ether oxygens (including phenoxy) is 1. The molecule has 2 aliphatic rings. The van der Waals surface area contributed by atoms with Crippen LogP contribution in [0.5, 0.6) is 0 Å². The molecule has 0 unspecified atom stereocenters. The highest BCUT2D eigenvalue weighted by Crippen LogP contribution is 2.43. The van der Waals surface area contributed by atoms with Crippen LogP contribution >= 0.6 is 0 Å². The second kappa shape index (κ2) is 10.7. The smallest absolute Gasteiger partial charge is 0.408 e. The molecule has 0 aliphatic carbocycles. The average molecular weight is 547 g/mol. The van der Waals surface area contributed by atoms with Crippen molar-refractivity contribution in [1.82, 2.24) is 20.5 Å². The zero-order chi connectivity index (χ0) is 28.6. The van der Waals surface area contributed by atoms with E-state index in [-0.39, 0.29) is 25.2 Å². The van der Waals surface area contributed by atoms with Crippen LogP contribution in [0.15, 0.2) is 54.6 Å². The number of benzene rings is 2. The maximum Gasteiger partial charge on any atom is 0.408 e. The van der Waals surface area contributed by atoms with Crippen LogP contribution in [0.2, 0.25) is 0 Å². The minimum atomic E-state index is -1.03. The summed E-state index contributed by atoms with van der Waals surface area (Å²) in [6.45, 7) is 5.23. The highest BCUT2D eigenvalue weighted by Gasteiger charge is 2.51. The lowest BCUT2D eigenvalue weighted by molar-refractivity contribution is -0.142. The zero-order valence-corrected chi connectivity index (χ0v) is 22.8. The molecular weight excluding hydrogens is 512 g/mol. The molecule has 2 aliphatic heterocycles. The minimum Gasteiger partial charge on any atom is -0.481 e. The van der Waals surface area contributed by atoms with Crippen molar-refractivity contribution in [3.63, 3.8) is 0 Å². The number of hydrogen-bond acceptors (Lipinski definition) is 5. The fraction of sp³-hybridized carbons (Fsp3) is 0.400. The Bertz CT molecular complexity index is 1440. The van der Waals surface area contributed by atoms with Crippen LogP contribution in [0.4, 0.5) is 4.79 Å². The minimum absolute atomic E-state index is 0.258. The molecule has 3 aromatic rings. The number of nitrogens with zero attached hydrogens (tertiary/aromatic N) is 1. The normalized spacial score (nSPS) is 20.9. The van der Waals surface area contributed by atoms with E-state index < -0.39 is 47.7 Å². The van der Waals surface area contributed by atoms with Crippen molar-refractivity contribution in [3.8, 4) is 0 Å². The van der Waals surface area contributed by atoms with E-state index in [4.69, 9.17) is 4.74 Å². The fourth-order valence-corrected chi connectivity index (χ4v) is 5.79. The van der Waals surface area contributed by atoms with E-state index in [1.165, 1.54) is 4.90 Å². The van der Waals surface area contributed by atoms with Crippen LogP contribution in [0.3, 0.4) is 0 Å². The highest BCUT2D eigenvalue weighted by atomic mass is 16.6. The number of aliphatic carboxylic acids is 1. The number of nitrogens with one attached hydrogen (secondary N) is 3. The molecule has 3 amide bonds. The molecule has 1 aromatic heterocycles. The van der Waals surface area contributed by atoms with Crippen LogP contribution in [-0.2, 0) is 32.0 Å². The van der Waals surface area contributed by atoms with Gasteiger partial charge in [-0.05, 0) is 44.4 Å². The molecule has 210 valence electrons. The zero-order valence-electron chi connectivity index (χ0n) is 22.8. The Hall–Kier alpha value is -4.34. The van der Waals surface area contributed by atoms with Crippen molar-refractivity contribution in [3.05, 3.63) is 71.4 Å². The summed E-state index contributed by atoms with van der Waals surface area (Å²) in [7, 11) is 0. The van der Waals surface area contributed by atoms with Crippen molar-refractivity contribution >= 4 is 34.8 Å². The van der Waals surface area contributed by atoms with E-state index in [9.17, 15) is 24.3 Å². The van der Waals surface area contributed by atoms with Crippen LogP contribution in [-0.4, -0.2) is 62.6 Å². The van der Waals surface area contributed by atoms with Crippen LogP contribution in [0.1, 0.15) is 56.5 Å². The lowest BCUT2D eigenvalue weighted by Crippen LogP contribution is -2.55. The first-order chi connectivity index (χ1) is 19.0. The van der Waals surface area contributed by atoms with E-state index in [0.29, 0.717) is 6.42 Å². The molecule has 4 atom stereocenters. The third kappa shape index (κ3) is 5.66. The summed E-state index contributed by atoms with van der Waals surface area (Å²) >= 11 is 0. The number of amides is 3. The number of alkyl carbamates (subject to hydrolysis) is 1. The molecule has 1 saturated heterocycles. The number of aromatic amines is 1. The first-order valence-electron chi connectivity index (χ1n) is 13.5. The lowest BCUT2D eigenvalue weighted by atomic mass is 9.91. The third-order valence-electron chi connectivity index (χ3n) is 7.35. The standard InChI is InChI=1S/C30H34N4O6/c1-30(2,3)40-29(39)33-22-16-23-26-20(19-11-7-8-12-21(19)32-26)15-24(34(23)28(22)38)27(37)31-18(14-25(35)36)13-17-9-5-4-6-10-17/h4-12,18,22-24,32H,13-16H2,1-3H3,(H,31,37)(H,33,39)(H,35,36)/t18-,22+,23-,24+/m1/s1. The molecule has 4 N–H and O–H groups in total. The van der Waals surface area contributed by atoms with Crippen molar-refractivity contribution < 1.29 is 29.0 Å². The largest absolute Gasteiger partial charge is 0.481 e. The molecule has 5 rings (SSSR count). The molecule has 10 nitrogen and oxygen atoms in total. The first kappa shape index (κ1) is 27.2. The van der Waals surface area contributed by atoms with Gasteiger partial charge >= 0.3 is 12.1 Å². The van der Waals surface area contributed by atoms with Gasteiger partial charge in [0.2, 0.25) is 11.8 Å². The Kier molecular flexibility index (Phi) is 7.27. The third-order valence-corrected chi connectivity index (χ3v) is 7.35. The quantitative estimate of drug-likeness (QED) is 0.358. The topological polar surface area (TPSA) is 141 Å². The molecule has 0 radical (unpaired) electrons. The van der Waals surface area contributed by atoms with Gasteiger partial charge < -0.3 is 30.4 Å². The van der Waals surface area contributed by atoms with Gasteiger partial charge in [-0.25, -0.2) is 4.79 Å². The van der Waals surface area contributed by atoms with E-state index in [1.54, 1.807) is 20.8 Å². The number of para-hydroxylation sites is 1. The van der Waals surface area contributed by atoms with Gasteiger partial charge in [-0.1, -0.05) is 48.5 Å². The molecule has 2 aromatic carbocycles. The van der Waals surface area contributed by atoms with Gasteiger partial charge in [0.1, 0.15) is 17.7 Å². The van der Waals surface area contributed by atoms with Crippen LogP contribution in [0, 0.1) is 0 Å². The highest BCUT2D eigenvalue weighted by molar-refractivity contribution is 5.96. The average Bonchev–Trinajstić information content (AvgIpc) is 3.40. The molecule has 10 heteroatoms. The van der Waals surface area contributed by atoms with Crippen molar-refractivity contribution in [1.29, 1.82) is 0 Å². The lowest BCUT2D eigenvalue weighted by Gasteiger charge is -2.37. The summed E-state index contributed by atoms with van der Waals surface area (Å²) in [6.07, 6.45) is -0.0919. The number of carbonyl (C=O) groups excluding carboxylic acids is 3. The molecule has 0 saturated carbocycles. The van der Waals surface area contributed by atoms with E-state index >= 15 is 0 Å². The van der Waals surface area contributed by atoms with Crippen molar-refractivity contribution in [2.45, 2.75) is 76.2 Å². The SMILES string of the molecule is CC(C)(C)OC(=O)N[C@H]1C[C@@H]2c3[nH]c4ccccc4c3C[C@@H](C(=O)N[C@@H](CC(=O)O)Cc3ccccc3)N2C1=O. The second-order valence-corrected chi connectivity index (χ2v) is 11.5. The fourth-order valence-electron chi connectivity index (χ4n) is 5.79. The van der Waals surface area contributed by atoms with Crippen molar-refractivity contribution in [2.24, 2.45) is 0 Å². The molecule has 40 heavy (non-hydrogen) atoms. The van der Waals surface area contributed by atoms with E-state index in [1.807, 2.05) is 54.6 Å². The summed E-state index contributed by atoms with van der Waals surface area (Å²) in [5, 5.41) is 16.1. The van der Waals surface area contributed by atoms with Gasteiger partial charge in [0.25, 0.3) is 0 Å². The summed E-state index contributed by atoms with van der Waals surface area (Å²) in [5.74, 6) is -1.83. The van der Waals surface area contributed by atoms with Gasteiger partial charge in [-0.15, -0.1) is 0 Å². The number of hydrogen-bond donors (Lipinski definition) is 4. The monoisotopic (exact) mass is 546 g/mol. The number of H-pyrrole nitrogens is 1. The maximum absolute atomic E-state index is 13.8. The van der Waals surface area contributed by atoms with Crippen LogP contribution in [0.25, 0.3) is 10.9 Å². The number of carboxylic acid groups (broad SMARTS) is 1. The predicted molar refractivity (Wildman–Crippen MR) is 147 cm³/mol. The van der Waals surface area contributed by atoms with E-state index in [2.05, 4.69) is 15.6 Å². The second-order valence-electron chi connectivity index (χ2n) is 11.5. The van der Waals surface area contributed by atoms with Crippen LogP contribution < -0.4 is 10.6 Å². The number of aromatic nitrogens is 1.